The molecular formula is C37H28F3IN6O6S4. The molecule has 0 aliphatic rings. The van der Waals surface area contributed by atoms with Crippen molar-refractivity contribution in [2.45, 2.75) is 16.0 Å². The van der Waals surface area contributed by atoms with E-state index in [1.54, 1.807) is 16.8 Å². The van der Waals surface area contributed by atoms with Crippen molar-refractivity contribution in [2.24, 2.45) is 0 Å². The number of benzene rings is 4. The van der Waals surface area contributed by atoms with Gasteiger partial charge in [-0.2, -0.15) is 13.2 Å². The Kier molecular flexibility index (Phi) is 14.4. The van der Waals surface area contributed by atoms with Gasteiger partial charge in [0.25, 0.3) is 20.0 Å². The number of hydrogen-bond acceptors (Lipinski definition) is 10. The standard InChI is InChI=1S/C19H14F3N3O3S2.C18H14IN3O3S2/c20-19(21,22)14-4-1-13(2-5-14)3-10-17(26)24-15-6-8-16(9-7-15)30(27,28)25-18-23-11-12-29-18;19-16-4-2-1-3-13(16)5-10-17(23)21-14-6-8-15(9-7-14)27(24,25)22-18-20-11-12-26-18/h1-12H,(H,23,25)(H,24,26);1-12H,(H,20,22)(H,21,23)/b10-3+;10-5+. The fraction of sp³-hybridized carbons (Fsp3) is 0.0270. The molecule has 57 heavy (non-hydrogen) atoms. The maximum atomic E-state index is 12.5. The number of rotatable bonds is 12. The number of carbonyl (C=O) groups excluding carboxylic acids is 2. The molecule has 12 nitrogen and oxygen atoms in total. The largest absolute Gasteiger partial charge is 0.416 e. The van der Waals surface area contributed by atoms with Gasteiger partial charge in [-0.3, -0.25) is 19.0 Å². The topological polar surface area (TPSA) is 176 Å². The molecule has 0 radical (unpaired) electrons. The summed E-state index contributed by atoms with van der Waals surface area (Å²) >= 11 is 4.53. The molecule has 0 bridgehead atoms. The molecule has 0 atom stereocenters. The van der Waals surface area contributed by atoms with Gasteiger partial charge in [0, 0.05) is 50.3 Å². The Morgan fingerprint density at radius 1 is 0.632 bits per heavy atom. The zero-order chi connectivity index (χ0) is 41.1. The Balaban J connectivity index is 0.000000219. The lowest BCUT2D eigenvalue weighted by Gasteiger charge is -2.07. The molecule has 294 valence electrons. The Morgan fingerprint density at radius 2 is 1.09 bits per heavy atom. The fourth-order valence-electron chi connectivity index (χ4n) is 4.43. The van der Waals surface area contributed by atoms with E-state index < -0.39 is 37.7 Å². The van der Waals surface area contributed by atoms with Crippen molar-refractivity contribution < 1.29 is 39.6 Å². The van der Waals surface area contributed by atoms with Crippen molar-refractivity contribution in [2.75, 3.05) is 20.1 Å². The predicted molar refractivity (Wildman–Crippen MR) is 225 cm³/mol. The lowest BCUT2D eigenvalue weighted by atomic mass is 10.1. The maximum absolute atomic E-state index is 12.5. The minimum atomic E-state index is -4.42. The van der Waals surface area contributed by atoms with E-state index in [1.165, 1.54) is 96.5 Å². The highest BCUT2D eigenvalue weighted by Gasteiger charge is 2.29. The van der Waals surface area contributed by atoms with Crippen molar-refractivity contribution in [3.63, 3.8) is 0 Å². The van der Waals surface area contributed by atoms with Gasteiger partial charge < -0.3 is 10.6 Å². The molecule has 6 aromatic rings. The van der Waals surface area contributed by atoms with E-state index in [9.17, 15) is 39.6 Å². The van der Waals surface area contributed by atoms with E-state index in [0.717, 1.165) is 38.7 Å². The Morgan fingerprint density at radius 3 is 1.51 bits per heavy atom. The Labute approximate surface area is 346 Å². The second kappa shape index (κ2) is 19.1. The first kappa shape index (κ1) is 42.7. The van der Waals surface area contributed by atoms with E-state index in [0.29, 0.717) is 22.1 Å². The first-order chi connectivity index (χ1) is 27.1. The Hall–Kier alpha value is -5.42. The number of amides is 2. The average molecular weight is 965 g/mol. The molecule has 0 saturated heterocycles. The van der Waals surface area contributed by atoms with Gasteiger partial charge in [0.05, 0.1) is 15.4 Å². The van der Waals surface area contributed by atoms with Crippen LogP contribution in [-0.2, 0) is 35.8 Å². The lowest BCUT2D eigenvalue weighted by Crippen LogP contribution is -2.13. The maximum Gasteiger partial charge on any atom is 0.416 e. The molecule has 4 aromatic carbocycles. The molecule has 0 aliphatic heterocycles. The van der Waals surface area contributed by atoms with Crippen molar-refractivity contribution in [1.82, 2.24) is 9.97 Å². The quantitative estimate of drug-likeness (QED) is 0.0695. The second-order valence-electron chi connectivity index (χ2n) is 11.2. The minimum absolute atomic E-state index is 0.00371. The van der Waals surface area contributed by atoms with Crippen LogP contribution in [0.25, 0.3) is 12.2 Å². The van der Waals surface area contributed by atoms with Crippen molar-refractivity contribution in [1.29, 1.82) is 0 Å². The molecular weight excluding hydrogens is 937 g/mol. The molecule has 0 unspecified atom stereocenters. The first-order valence-electron chi connectivity index (χ1n) is 16.0. The van der Waals surface area contributed by atoms with Gasteiger partial charge in [-0.15, -0.1) is 22.7 Å². The van der Waals surface area contributed by atoms with Gasteiger partial charge >= 0.3 is 6.18 Å². The summed E-state index contributed by atoms with van der Waals surface area (Å²) in [5, 5.41) is 9.09. The van der Waals surface area contributed by atoms with Crippen LogP contribution in [-0.4, -0.2) is 38.6 Å². The second-order valence-corrected chi connectivity index (χ2v) is 17.5. The zero-order valence-corrected chi connectivity index (χ0v) is 34.3. The third kappa shape index (κ3) is 13.1. The molecule has 4 N–H and O–H groups in total. The molecule has 20 heteroatoms. The van der Waals surface area contributed by atoms with E-state index in [2.05, 4.69) is 52.6 Å². The molecule has 0 saturated carbocycles. The van der Waals surface area contributed by atoms with Gasteiger partial charge in [-0.25, -0.2) is 26.8 Å². The molecule has 6 rings (SSSR count). The molecule has 0 aliphatic carbocycles. The van der Waals surface area contributed by atoms with Crippen LogP contribution < -0.4 is 20.1 Å². The van der Waals surface area contributed by atoms with E-state index in [-0.39, 0.29) is 20.8 Å². The number of alkyl halides is 3. The normalized spacial score (nSPS) is 11.8. The van der Waals surface area contributed by atoms with E-state index >= 15 is 0 Å². The number of thiazole rings is 2. The average Bonchev–Trinajstić information content (AvgIpc) is 3.89. The van der Waals surface area contributed by atoms with Crippen molar-refractivity contribution in [3.8, 4) is 0 Å². The van der Waals surface area contributed by atoms with Crippen LogP contribution in [0.15, 0.2) is 142 Å². The van der Waals surface area contributed by atoms with E-state index in [4.69, 9.17) is 0 Å². The van der Waals surface area contributed by atoms with Crippen LogP contribution in [0.1, 0.15) is 16.7 Å². The molecule has 0 spiro atoms. The highest BCUT2D eigenvalue weighted by molar-refractivity contribution is 14.1. The summed E-state index contributed by atoms with van der Waals surface area (Å²) in [6.45, 7) is 0. The predicted octanol–water partition coefficient (Wildman–Crippen LogP) is 8.82. The Bertz CT molecular complexity index is 2570. The van der Waals surface area contributed by atoms with Crippen molar-refractivity contribution in [3.05, 3.63) is 153 Å². The smallest absolute Gasteiger partial charge is 0.323 e. The number of anilines is 4. The summed E-state index contributed by atoms with van der Waals surface area (Å²) in [5.41, 5.74) is 1.45. The van der Waals surface area contributed by atoms with Gasteiger partial charge in [0.2, 0.25) is 11.8 Å². The SMILES string of the molecule is O=C(/C=C/c1ccc(C(F)(F)F)cc1)Nc1ccc(S(=O)(=O)Nc2nccs2)cc1.O=C(/C=C/c1ccccc1I)Nc1ccc(S(=O)(=O)Nc2nccs2)cc1. The van der Waals surface area contributed by atoms with Crippen LogP contribution in [0.2, 0.25) is 0 Å². The third-order valence-electron chi connectivity index (χ3n) is 7.16. The number of halogens is 4. The number of nitrogens with zero attached hydrogens (tertiary/aromatic N) is 2. The van der Waals surface area contributed by atoms with Crippen LogP contribution in [0.3, 0.4) is 0 Å². The molecule has 0 fully saturated rings. The minimum Gasteiger partial charge on any atom is -0.323 e. The van der Waals surface area contributed by atoms with Crippen LogP contribution in [0.4, 0.5) is 34.8 Å². The summed E-state index contributed by atoms with van der Waals surface area (Å²) in [4.78, 5) is 31.9. The van der Waals surface area contributed by atoms with Crippen LogP contribution >= 0.6 is 45.3 Å². The summed E-state index contributed by atoms with van der Waals surface area (Å²) in [6.07, 6.45) is 4.27. The zero-order valence-electron chi connectivity index (χ0n) is 28.8. The lowest BCUT2D eigenvalue weighted by molar-refractivity contribution is -0.137. The molecule has 2 amide bonds. The number of nitrogens with one attached hydrogen (secondary N) is 4. The summed E-state index contributed by atoms with van der Waals surface area (Å²) in [6, 6.07) is 23.5. The van der Waals surface area contributed by atoms with Crippen LogP contribution in [0, 0.1) is 3.57 Å². The van der Waals surface area contributed by atoms with Gasteiger partial charge in [-0.1, -0.05) is 30.3 Å². The fourth-order valence-corrected chi connectivity index (χ4v) is 8.57. The number of sulfonamides is 2. The van der Waals surface area contributed by atoms with Gasteiger partial charge in [0.15, 0.2) is 10.3 Å². The van der Waals surface area contributed by atoms with Crippen LogP contribution in [0.5, 0.6) is 0 Å². The highest BCUT2D eigenvalue weighted by atomic mass is 127. The first-order valence-corrected chi connectivity index (χ1v) is 21.8. The third-order valence-corrected chi connectivity index (χ3v) is 12.5. The number of aromatic nitrogens is 2. The number of hydrogen-bond donors (Lipinski definition) is 4. The van der Waals surface area contributed by atoms with Crippen molar-refractivity contribution >= 4 is 111 Å². The molecule has 2 heterocycles. The van der Waals surface area contributed by atoms with Gasteiger partial charge in [-0.05, 0) is 113 Å². The number of carbonyl (C=O) groups is 2. The summed E-state index contributed by atoms with van der Waals surface area (Å²) in [7, 11) is -7.51. The molecule has 2 aromatic heterocycles. The monoisotopic (exact) mass is 964 g/mol. The van der Waals surface area contributed by atoms with Gasteiger partial charge in [0.1, 0.15) is 0 Å². The van der Waals surface area contributed by atoms with E-state index in [1.807, 2.05) is 24.3 Å². The summed E-state index contributed by atoms with van der Waals surface area (Å²) in [5.74, 6) is -0.822. The summed E-state index contributed by atoms with van der Waals surface area (Å²) < 4.78 is 92.5. The highest BCUT2D eigenvalue weighted by Crippen LogP contribution is 2.29.